The van der Waals surface area contributed by atoms with Crippen molar-refractivity contribution < 1.29 is 57.8 Å². The molecular formula is C8H9F11O2S. The number of hydrogen-bond acceptors (Lipinski definition) is 3. The van der Waals surface area contributed by atoms with Gasteiger partial charge in [-0.15, -0.1) is 17.6 Å². The molecular weight excluding hydrogens is 369 g/mol. The van der Waals surface area contributed by atoms with E-state index in [4.69, 9.17) is 0 Å². The highest BCUT2D eigenvalue weighted by molar-refractivity contribution is 7.80. The van der Waals surface area contributed by atoms with Crippen LogP contribution in [0.25, 0.3) is 0 Å². The number of carbonyl (C=O) groups is 1. The maximum absolute atomic E-state index is 12.9. The Morgan fingerprint density at radius 1 is 0.909 bits per heavy atom. The lowest BCUT2D eigenvalue weighted by molar-refractivity contribution is -0.321. The molecule has 1 atom stereocenters. The summed E-state index contributed by atoms with van der Waals surface area (Å²) in [5.74, 6) is -6.74. The highest BCUT2D eigenvalue weighted by Crippen LogP contribution is 2.36. The molecule has 0 aromatic rings. The Hall–Kier alpha value is -0.790. The van der Waals surface area contributed by atoms with Crippen LogP contribution in [-0.2, 0) is 9.53 Å². The molecule has 0 radical (unpaired) electrons. The average Bonchev–Trinajstić information content (AvgIpc) is 2.26. The van der Waals surface area contributed by atoms with Gasteiger partial charge in [0.2, 0.25) is 12.7 Å². The second kappa shape index (κ2) is 11.7. The first-order chi connectivity index (χ1) is 9.71. The number of thiol groups is 1. The quantitative estimate of drug-likeness (QED) is 0.567. The second-order valence-electron chi connectivity index (χ2n) is 2.77. The van der Waals surface area contributed by atoms with E-state index < -0.39 is 44.5 Å². The number of Topliss-reactive ketones (excluding diaryl/α,β-unsaturated/α-hetero) is 1. The normalized spacial score (nSPS) is 14.0. The van der Waals surface area contributed by atoms with Crippen LogP contribution in [0.4, 0.5) is 48.3 Å². The molecule has 0 aliphatic carbocycles. The van der Waals surface area contributed by atoms with Gasteiger partial charge in [0, 0.05) is 6.42 Å². The summed E-state index contributed by atoms with van der Waals surface area (Å²) in [5, 5.41) is 0. The van der Waals surface area contributed by atoms with Crippen molar-refractivity contribution in [3.8, 4) is 0 Å². The van der Waals surface area contributed by atoms with Gasteiger partial charge in [0.25, 0.3) is 0 Å². The number of ketones is 1. The van der Waals surface area contributed by atoms with Gasteiger partial charge in [0.15, 0.2) is 6.86 Å². The number of halogens is 11. The zero-order valence-electron chi connectivity index (χ0n) is 10.2. The Balaban J connectivity index is -0.000000373. The lowest BCUT2D eigenvalue weighted by atomic mass is 10.1. The Morgan fingerprint density at radius 2 is 1.23 bits per heavy atom. The van der Waals surface area contributed by atoms with E-state index >= 15 is 0 Å². The molecule has 0 aliphatic heterocycles. The van der Waals surface area contributed by atoms with Crippen LogP contribution in [0.3, 0.4) is 0 Å². The fourth-order valence-corrected chi connectivity index (χ4v) is 0.861. The molecule has 22 heavy (non-hydrogen) atoms. The predicted octanol–water partition coefficient (Wildman–Crippen LogP) is 4.41. The fourth-order valence-electron chi connectivity index (χ4n) is 0.658. The number of ether oxygens (including phenoxy) is 1. The van der Waals surface area contributed by atoms with Crippen molar-refractivity contribution >= 4 is 18.4 Å². The molecule has 14 heteroatoms. The van der Waals surface area contributed by atoms with Crippen molar-refractivity contribution in [1.82, 2.24) is 0 Å². The molecule has 0 aromatic carbocycles. The highest BCUT2D eigenvalue weighted by atomic mass is 32.1. The van der Waals surface area contributed by atoms with Crippen LogP contribution < -0.4 is 0 Å². The fraction of sp³-hybridized carbons (Fsp3) is 0.875. The molecule has 136 valence electrons. The molecule has 0 fully saturated rings. The third-order valence-electron chi connectivity index (χ3n) is 1.32. The zero-order valence-corrected chi connectivity index (χ0v) is 11.1. The maximum Gasteiger partial charge on any atom is 0.559 e. The van der Waals surface area contributed by atoms with Crippen LogP contribution in [0.15, 0.2) is 0 Å². The minimum Gasteiger partial charge on any atom is -0.301 e. The van der Waals surface area contributed by atoms with Crippen molar-refractivity contribution in [2.24, 2.45) is 0 Å². The number of carbonyl (C=O) groups excluding carboxylic acids is 1. The second-order valence-corrected chi connectivity index (χ2v) is 3.22. The maximum atomic E-state index is 12.9. The first-order valence-electron chi connectivity index (χ1n) is 4.68. The largest absolute Gasteiger partial charge is 0.559 e. The van der Waals surface area contributed by atoms with Crippen molar-refractivity contribution in [1.29, 1.82) is 0 Å². The SMILES string of the molecule is FC(F)(F)F.FCF.O=C(CCS)C(F)(OCF)C(F)(F)F. The Morgan fingerprint density at radius 3 is 1.41 bits per heavy atom. The molecule has 0 N–H and O–H groups in total. The monoisotopic (exact) mass is 378 g/mol. The molecule has 0 saturated carbocycles. The van der Waals surface area contributed by atoms with E-state index in [1.54, 1.807) is 0 Å². The van der Waals surface area contributed by atoms with Crippen LogP contribution in [-0.4, -0.2) is 43.8 Å². The van der Waals surface area contributed by atoms with Crippen molar-refractivity contribution in [3.63, 3.8) is 0 Å². The first kappa shape index (κ1) is 26.1. The highest BCUT2D eigenvalue weighted by Gasteiger charge is 2.62. The summed E-state index contributed by atoms with van der Waals surface area (Å²) >= 11 is 3.45. The molecule has 2 nitrogen and oxygen atoms in total. The molecule has 0 bridgehead atoms. The number of rotatable bonds is 5. The lowest BCUT2D eigenvalue weighted by Gasteiger charge is -2.24. The van der Waals surface area contributed by atoms with Gasteiger partial charge in [-0.05, 0) is 5.75 Å². The summed E-state index contributed by atoms with van der Waals surface area (Å²) in [6.07, 6.45) is -11.9. The Bertz CT molecular complexity index is 287. The number of alkyl halides is 11. The first-order valence-corrected chi connectivity index (χ1v) is 5.31. The smallest absolute Gasteiger partial charge is 0.301 e. The van der Waals surface area contributed by atoms with Crippen molar-refractivity contribution in [2.45, 2.75) is 24.9 Å². The summed E-state index contributed by atoms with van der Waals surface area (Å²) in [5.41, 5.74) is 0. The Labute approximate surface area is 122 Å². The standard InChI is InChI=1S/C6H7F5O2S.CF4.CH2F2/c7-3-13-5(8,6(9,10)11)4(12)1-2-14;2-1(3,4)5;2-1-3/h14H,1-3H2;;1H2. The summed E-state index contributed by atoms with van der Waals surface area (Å²) in [6.45, 7) is -3.78. The zero-order chi connectivity index (χ0) is 18.6. The van der Waals surface area contributed by atoms with Gasteiger partial charge >= 0.3 is 18.5 Å². The predicted molar refractivity (Wildman–Crippen MR) is 54.7 cm³/mol. The van der Waals surface area contributed by atoms with Crippen LogP contribution in [0.1, 0.15) is 6.42 Å². The molecule has 0 heterocycles. The van der Waals surface area contributed by atoms with Crippen molar-refractivity contribution in [3.05, 3.63) is 0 Å². The topological polar surface area (TPSA) is 26.3 Å². The average molecular weight is 378 g/mol. The van der Waals surface area contributed by atoms with Gasteiger partial charge in [-0.3, -0.25) is 4.79 Å². The molecule has 1 unspecified atom stereocenters. The third-order valence-corrected chi connectivity index (χ3v) is 1.54. The van der Waals surface area contributed by atoms with E-state index in [0.29, 0.717) is 0 Å². The van der Waals surface area contributed by atoms with Gasteiger partial charge in [-0.25, -0.2) is 13.2 Å². The summed E-state index contributed by atoms with van der Waals surface area (Å²) in [6, 6.07) is 0. The van der Waals surface area contributed by atoms with Gasteiger partial charge in [0.1, 0.15) is 0 Å². The van der Waals surface area contributed by atoms with Gasteiger partial charge in [-0.1, -0.05) is 0 Å². The molecule has 0 aromatic heterocycles. The van der Waals surface area contributed by atoms with E-state index in [-0.39, 0.29) is 5.75 Å². The number of hydrogen-bond donors (Lipinski definition) is 1. The molecule has 0 amide bonds. The molecule has 0 aliphatic rings. The molecule has 0 saturated heterocycles. The molecule has 0 rings (SSSR count). The minimum atomic E-state index is -5.58. The van der Waals surface area contributed by atoms with Gasteiger partial charge in [0.05, 0.1) is 0 Å². The van der Waals surface area contributed by atoms with Crippen LogP contribution >= 0.6 is 12.6 Å². The Kier molecular flexibility index (Phi) is 13.9. The molecule has 0 spiro atoms. The third kappa shape index (κ3) is 14.2. The summed E-state index contributed by atoms with van der Waals surface area (Å²) < 4.78 is 121. The minimum absolute atomic E-state index is 0.282. The van der Waals surface area contributed by atoms with E-state index in [1.807, 2.05) is 0 Å². The van der Waals surface area contributed by atoms with E-state index in [0.717, 1.165) is 0 Å². The van der Waals surface area contributed by atoms with Gasteiger partial charge in [-0.2, -0.15) is 30.2 Å². The van der Waals surface area contributed by atoms with Crippen molar-refractivity contribution in [2.75, 3.05) is 19.5 Å². The van der Waals surface area contributed by atoms with E-state index in [2.05, 4.69) is 17.4 Å². The van der Waals surface area contributed by atoms with E-state index in [9.17, 15) is 53.1 Å². The lowest BCUT2D eigenvalue weighted by Crippen LogP contribution is -2.50. The van der Waals surface area contributed by atoms with Crippen LogP contribution in [0.5, 0.6) is 0 Å². The van der Waals surface area contributed by atoms with Gasteiger partial charge < -0.3 is 4.74 Å². The summed E-state index contributed by atoms with van der Waals surface area (Å²) in [4.78, 5) is 10.7. The van der Waals surface area contributed by atoms with Crippen LogP contribution in [0, 0.1) is 0 Å². The van der Waals surface area contributed by atoms with E-state index in [1.165, 1.54) is 0 Å². The van der Waals surface area contributed by atoms with Crippen LogP contribution in [0.2, 0.25) is 0 Å². The summed E-state index contributed by atoms with van der Waals surface area (Å²) in [7, 11) is 0.